The van der Waals surface area contributed by atoms with Crippen molar-refractivity contribution in [1.29, 1.82) is 0 Å². The van der Waals surface area contributed by atoms with E-state index in [1.54, 1.807) is 48.5 Å². The van der Waals surface area contributed by atoms with Gasteiger partial charge in [-0.3, -0.25) is 9.59 Å². The fourth-order valence-electron chi connectivity index (χ4n) is 2.63. The molecule has 0 bridgehead atoms. The molecule has 2 aromatic rings. The first-order chi connectivity index (χ1) is 13.9. The Morgan fingerprint density at radius 2 is 1.52 bits per heavy atom. The number of nitrogens with two attached hydrogens (primary N) is 1. The lowest BCUT2D eigenvalue weighted by Gasteiger charge is -2.23. The van der Waals surface area contributed by atoms with Gasteiger partial charge < -0.3 is 26.2 Å². The van der Waals surface area contributed by atoms with E-state index >= 15 is 0 Å². The average Bonchev–Trinajstić information content (AvgIpc) is 2.71. The summed E-state index contributed by atoms with van der Waals surface area (Å²) in [4.78, 5) is 36.3. The second-order valence-corrected chi connectivity index (χ2v) is 6.58. The first-order valence-electron chi connectivity index (χ1n) is 9.15. The smallest absolute Gasteiger partial charge is 0.408 e. The minimum absolute atomic E-state index is 0.0126. The molecule has 0 aliphatic heterocycles. The third-order valence-electron chi connectivity index (χ3n) is 4.19. The number of aliphatic hydroxyl groups excluding tert-OH is 1. The second kappa shape index (κ2) is 10.8. The van der Waals surface area contributed by atoms with Crippen LogP contribution in [0.5, 0.6) is 0 Å². The summed E-state index contributed by atoms with van der Waals surface area (Å²) in [5.41, 5.74) is 6.98. The molecule has 0 unspecified atom stereocenters. The maximum Gasteiger partial charge on any atom is 0.408 e. The van der Waals surface area contributed by atoms with Crippen LogP contribution in [0.15, 0.2) is 60.7 Å². The average molecular weight is 399 g/mol. The molecule has 2 aromatic carbocycles. The molecule has 0 fully saturated rings. The summed E-state index contributed by atoms with van der Waals surface area (Å²) in [5.74, 6) is -1.46. The van der Waals surface area contributed by atoms with Crippen LogP contribution < -0.4 is 16.4 Å². The number of amides is 3. The molecule has 3 atom stereocenters. The van der Waals surface area contributed by atoms with Crippen molar-refractivity contribution in [3.63, 3.8) is 0 Å². The monoisotopic (exact) mass is 399 g/mol. The molecule has 0 spiro atoms. The number of hydrogen-bond acceptors (Lipinski definition) is 5. The number of alkyl carbamates (subject to hydrolysis) is 1. The standard InChI is InChI=1S/C21H25N3O5/c1-14(25)18(24-21(28)29-13-16-10-6-3-7-11-16)20(27)23-17(19(22)26)12-15-8-4-2-5-9-15/h2-11,14,17-18,25H,12-13H2,1H3,(H2,22,26)(H,23,27)(H,24,28)/t14-,17+,18-/m0/s1. The highest BCUT2D eigenvalue weighted by atomic mass is 16.5. The Morgan fingerprint density at radius 3 is 2.03 bits per heavy atom. The van der Waals surface area contributed by atoms with E-state index in [1.165, 1.54) is 6.92 Å². The Morgan fingerprint density at radius 1 is 0.966 bits per heavy atom. The van der Waals surface area contributed by atoms with Crippen LogP contribution in [0, 0.1) is 0 Å². The SMILES string of the molecule is C[C@H](O)[C@H](NC(=O)OCc1ccccc1)C(=O)N[C@H](Cc1ccccc1)C(N)=O. The quantitative estimate of drug-likeness (QED) is 0.497. The van der Waals surface area contributed by atoms with Gasteiger partial charge in [-0.05, 0) is 18.1 Å². The Hall–Kier alpha value is -3.39. The summed E-state index contributed by atoms with van der Waals surface area (Å²) >= 11 is 0. The number of primary amides is 1. The van der Waals surface area contributed by atoms with Crippen molar-refractivity contribution in [2.45, 2.75) is 38.1 Å². The van der Waals surface area contributed by atoms with Crippen molar-refractivity contribution >= 4 is 17.9 Å². The van der Waals surface area contributed by atoms with E-state index in [2.05, 4.69) is 10.6 Å². The number of benzene rings is 2. The number of nitrogens with one attached hydrogen (secondary N) is 2. The summed E-state index contributed by atoms with van der Waals surface area (Å²) in [6.45, 7) is 1.36. The van der Waals surface area contributed by atoms with E-state index in [4.69, 9.17) is 10.5 Å². The minimum Gasteiger partial charge on any atom is -0.445 e. The van der Waals surface area contributed by atoms with Crippen LogP contribution in [0.25, 0.3) is 0 Å². The summed E-state index contributed by atoms with van der Waals surface area (Å²) < 4.78 is 5.07. The third-order valence-corrected chi connectivity index (χ3v) is 4.19. The maximum atomic E-state index is 12.6. The van der Waals surface area contributed by atoms with Crippen LogP contribution in [-0.2, 0) is 27.4 Å². The zero-order chi connectivity index (χ0) is 21.2. The van der Waals surface area contributed by atoms with Crippen LogP contribution >= 0.6 is 0 Å². The van der Waals surface area contributed by atoms with Gasteiger partial charge in [0.05, 0.1) is 6.10 Å². The molecule has 0 heterocycles. The molecule has 8 nitrogen and oxygen atoms in total. The molecular weight excluding hydrogens is 374 g/mol. The topological polar surface area (TPSA) is 131 Å². The molecule has 0 radical (unpaired) electrons. The Balaban J connectivity index is 1.96. The lowest BCUT2D eigenvalue weighted by Crippen LogP contribution is -2.57. The van der Waals surface area contributed by atoms with E-state index < -0.39 is 36.1 Å². The van der Waals surface area contributed by atoms with E-state index in [1.807, 2.05) is 12.1 Å². The van der Waals surface area contributed by atoms with E-state index in [0.717, 1.165) is 11.1 Å². The van der Waals surface area contributed by atoms with Crippen molar-refractivity contribution in [3.05, 3.63) is 71.8 Å². The predicted molar refractivity (Wildman–Crippen MR) is 107 cm³/mol. The number of ether oxygens (including phenoxy) is 1. The van der Waals surface area contributed by atoms with E-state index in [9.17, 15) is 19.5 Å². The number of rotatable bonds is 9. The van der Waals surface area contributed by atoms with Gasteiger partial charge >= 0.3 is 6.09 Å². The molecular formula is C21H25N3O5. The number of carbonyl (C=O) groups is 3. The normalized spacial score (nSPS) is 13.6. The highest BCUT2D eigenvalue weighted by molar-refractivity contribution is 5.91. The highest BCUT2D eigenvalue weighted by Gasteiger charge is 2.29. The minimum atomic E-state index is -1.31. The van der Waals surface area contributed by atoms with Crippen molar-refractivity contribution in [3.8, 4) is 0 Å². The lowest BCUT2D eigenvalue weighted by atomic mass is 10.0. The van der Waals surface area contributed by atoms with Crippen LogP contribution in [0.2, 0.25) is 0 Å². The van der Waals surface area contributed by atoms with Crippen LogP contribution in [0.3, 0.4) is 0 Å². The molecule has 0 aromatic heterocycles. The van der Waals surface area contributed by atoms with Gasteiger partial charge in [-0.25, -0.2) is 4.79 Å². The van der Waals surface area contributed by atoms with Gasteiger partial charge in [0, 0.05) is 6.42 Å². The Kier molecular flexibility index (Phi) is 8.17. The third kappa shape index (κ3) is 7.27. The largest absolute Gasteiger partial charge is 0.445 e. The van der Waals surface area contributed by atoms with E-state index in [0.29, 0.717) is 0 Å². The number of hydrogen-bond donors (Lipinski definition) is 4. The molecule has 0 saturated carbocycles. The van der Waals surface area contributed by atoms with Crippen molar-refractivity contribution in [2.75, 3.05) is 0 Å². The van der Waals surface area contributed by atoms with E-state index in [-0.39, 0.29) is 13.0 Å². The number of aliphatic hydroxyl groups is 1. The molecule has 0 aliphatic carbocycles. The Bertz CT molecular complexity index is 812. The van der Waals surface area contributed by atoms with Gasteiger partial charge in [0.2, 0.25) is 11.8 Å². The zero-order valence-electron chi connectivity index (χ0n) is 16.1. The fraction of sp³-hybridized carbons (Fsp3) is 0.286. The van der Waals surface area contributed by atoms with Gasteiger partial charge in [-0.1, -0.05) is 60.7 Å². The first-order valence-corrected chi connectivity index (χ1v) is 9.15. The predicted octanol–water partition coefficient (Wildman–Crippen LogP) is 0.875. The van der Waals surface area contributed by atoms with Crippen molar-refractivity contribution in [2.24, 2.45) is 5.73 Å². The second-order valence-electron chi connectivity index (χ2n) is 6.58. The molecule has 29 heavy (non-hydrogen) atoms. The zero-order valence-corrected chi connectivity index (χ0v) is 16.1. The van der Waals surface area contributed by atoms with Crippen LogP contribution in [-0.4, -0.2) is 41.2 Å². The molecule has 8 heteroatoms. The van der Waals surface area contributed by atoms with Gasteiger partial charge in [-0.15, -0.1) is 0 Å². The first kappa shape index (κ1) is 21.9. The maximum absolute atomic E-state index is 12.6. The summed E-state index contributed by atoms with van der Waals surface area (Å²) in [7, 11) is 0. The molecule has 3 amide bonds. The summed E-state index contributed by atoms with van der Waals surface area (Å²) in [6.07, 6.45) is -1.90. The highest BCUT2D eigenvalue weighted by Crippen LogP contribution is 2.05. The number of carbonyl (C=O) groups excluding carboxylic acids is 3. The van der Waals surface area contributed by atoms with Gasteiger partial charge in [0.15, 0.2) is 0 Å². The van der Waals surface area contributed by atoms with Crippen LogP contribution in [0.4, 0.5) is 4.79 Å². The van der Waals surface area contributed by atoms with Crippen molar-refractivity contribution in [1.82, 2.24) is 10.6 Å². The molecule has 154 valence electrons. The molecule has 5 N–H and O–H groups in total. The van der Waals surface area contributed by atoms with Gasteiger partial charge in [0.1, 0.15) is 18.7 Å². The molecule has 0 saturated heterocycles. The lowest BCUT2D eigenvalue weighted by molar-refractivity contribution is -0.130. The van der Waals surface area contributed by atoms with Gasteiger partial charge in [-0.2, -0.15) is 0 Å². The summed E-state index contributed by atoms with van der Waals surface area (Å²) in [5, 5.41) is 14.7. The fourth-order valence-corrected chi connectivity index (χ4v) is 2.63. The molecule has 0 aliphatic rings. The Labute approximate surface area is 169 Å². The van der Waals surface area contributed by atoms with Crippen LogP contribution in [0.1, 0.15) is 18.1 Å². The summed E-state index contributed by atoms with van der Waals surface area (Å²) in [6, 6.07) is 15.7. The van der Waals surface area contributed by atoms with Gasteiger partial charge in [0.25, 0.3) is 0 Å². The van der Waals surface area contributed by atoms with Crippen molar-refractivity contribution < 1.29 is 24.2 Å². The molecule has 2 rings (SSSR count).